The molecule has 0 bridgehead atoms. The molecule has 1 amide bonds. The number of rotatable bonds is 3. The van der Waals surface area contributed by atoms with Crippen LogP contribution in [0.4, 0.5) is 0 Å². The number of hydrogen-bond donors (Lipinski definition) is 1. The van der Waals surface area contributed by atoms with Crippen LogP contribution in [0, 0.1) is 20.1 Å². The second kappa shape index (κ2) is 5.23. The van der Waals surface area contributed by atoms with Gasteiger partial charge in [0.25, 0.3) is 0 Å². The summed E-state index contributed by atoms with van der Waals surface area (Å²) >= 11 is 3.48. The van der Waals surface area contributed by atoms with Gasteiger partial charge in [0, 0.05) is 18.0 Å². The van der Waals surface area contributed by atoms with Gasteiger partial charge in [-0.2, -0.15) is 5.26 Å². The summed E-state index contributed by atoms with van der Waals surface area (Å²) in [5.74, 6) is -2.26. The third kappa shape index (κ3) is 2.76. The third-order valence-corrected chi connectivity index (χ3v) is 3.54. The van der Waals surface area contributed by atoms with Crippen molar-refractivity contribution in [1.82, 2.24) is 5.32 Å². The topological polar surface area (TPSA) is 70.0 Å². The number of halogens is 1. The molecule has 78 valence electrons. The minimum absolute atomic E-state index is 0.416. The molecule has 0 aliphatic rings. The van der Waals surface area contributed by atoms with E-state index in [-0.39, 0.29) is 0 Å². The van der Waals surface area contributed by atoms with Gasteiger partial charge >= 0.3 is 0 Å². The monoisotopic (exact) mass is 334 g/mol. The van der Waals surface area contributed by atoms with Crippen molar-refractivity contribution < 1.29 is 9.59 Å². The van der Waals surface area contributed by atoms with E-state index in [0.29, 0.717) is 5.56 Å². The zero-order valence-corrected chi connectivity index (χ0v) is 10.8. The summed E-state index contributed by atoms with van der Waals surface area (Å²) in [6.45, 7) is 0. The van der Waals surface area contributed by atoms with Crippen LogP contribution >= 0.6 is 33.9 Å². The summed E-state index contributed by atoms with van der Waals surface area (Å²) in [5, 5.41) is 12.7. The van der Waals surface area contributed by atoms with Crippen molar-refractivity contribution in [2.24, 2.45) is 5.92 Å². The Hall–Kier alpha value is -0.940. The lowest BCUT2D eigenvalue weighted by atomic mass is 10.0. The van der Waals surface area contributed by atoms with Crippen LogP contribution in [0.3, 0.4) is 0 Å². The van der Waals surface area contributed by atoms with E-state index in [9.17, 15) is 9.59 Å². The molecule has 0 saturated carbocycles. The molecule has 0 aliphatic carbocycles. The van der Waals surface area contributed by atoms with Gasteiger partial charge < -0.3 is 5.32 Å². The zero-order valence-electron chi connectivity index (χ0n) is 7.78. The number of thiophene rings is 1. The van der Waals surface area contributed by atoms with E-state index in [2.05, 4.69) is 27.9 Å². The Balaban J connectivity index is 2.93. The van der Waals surface area contributed by atoms with Gasteiger partial charge in [-0.3, -0.25) is 9.59 Å². The van der Waals surface area contributed by atoms with E-state index in [1.165, 1.54) is 18.4 Å². The van der Waals surface area contributed by atoms with Crippen molar-refractivity contribution in [2.75, 3.05) is 7.05 Å². The van der Waals surface area contributed by atoms with Crippen LogP contribution in [0.2, 0.25) is 0 Å². The summed E-state index contributed by atoms with van der Waals surface area (Å²) in [5.41, 5.74) is 0.416. The predicted octanol–water partition coefficient (Wildman–Crippen LogP) is 1.42. The van der Waals surface area contributed by atoms with E-state index in [1.54, 1.807) is 17.5 Å². The van der Waals surface area contributed by atoms with E-state index < -0.39 is 17.6 Å². The molecule has 0 aromatic carbocycles. The van der Waals surface area contributed by atoms with Crippen molar-refractivity contribution in [3.05, 3.63) is 19.9 Å². The number of Topliss-reactive ketones (excluding diaryl/α,β-unsaturated/α-hetero) is 1. The first kappa shape index (κ1) is 12.1. The van der Waals surface area contributed by atoms with Gasteiger partial charge in [-0.05, 0) is 28.7 Å². The Morgan fingerprint density at radius 2 is 2.33 bits per heavy atom. The highest BCUT2D eigenvalue weighted by Crippen LogP contribution is 2.19. The van der Waals surface area contributed by atoms with E-state index in [0.717, 1.165) is 2.88 Å². The number of carbonyl (C=O) groups excluding carboxylic acids is 2. The van der Waals surface area contributed by atoms with Gasteiger partial charge in [0.15, 0.2) is 11.7 Å². The smallest absolute Gasteiger partial charge is 0.245 e. The van der Waals surface area contributed by atoms with Crippen LogP contribution in [-0.2, 0) is 4.79 Å². The molecule has 4 nitrogen and oxygen atoms in total. The molecule has 0 fully saturated rings. The summed E-state index contributed by atoms with van der Waals surface area (Å²) in [6.07, 6.45) is 0. The number of ketones is 1. The van der Waals surface area contributed by atoms with Crippen LogP contribution in [0.25, 0.3) is 0 Å². The molecular weight excluding hydrogens is 327 g/mol. The van der Waals surface area contributed by atoms with Crippen LogP contribution < -0.4 is 5.32 Å². The lowest BCUT2D eigenvalue weighted by Gasteiger charge is -2.04. The maximum Gasteiger partial charge on any atom is 0.245 e. The second-order valence-electron chi connectivity index (χ2n) is 2.68. The summed E-state index contributed by atoms with van der Waals surface area (Å²) < 4.78 is 0.949. The normalized spacial score (nSPS) is 11.5. The number of hydrogen-bond acceptors (Lipinski definition) is 4. The number of nitrogens with zero attached hydrogens (tertiary/aromatic N) is 1. The predicted molar refractivity (Wildman–Crippen MR) is 64.5 cm³/mol. The maximum atomic E-state index is 11.7. The SMILES string of the molecule is CNC(=O)[C@H](C#N)C(=O)c1csc(I)c1. The molecule has 1 heterocycles. The van der Waals surface area contributed by atoms with Crippen LogP contribution in [-0.4, -0.2) is 18.7 Å². The highest BCUT2D eigenvalue weighted by Gasteiger charge is 2.27. The summed E-state index contributed by atoms with van der Waals surface area (Å²) in [4.78, 5) is 22.9. The van der Waals surface area contributed by atoms with Crippen molar-refractivity contribution >= 4 is 45.6 Å². The zero-order chi connectivity index (χ0) is 11.4. The number of carbonyl (C=O) groups is 2. The average molecular weight is 334 g/mol. The van der Waals surface area contributed by atoms with E-state index >= 15 is 0 Å². The van der Waals surface area contributed by atoms with Gasteiger partial charge in [0.2, 0.25) is 5.91 Å². The first-order valence-electron chi connectivity index (χ1n) is 3.99. The van der Waals surface area contributed by atoms with Crippen molar-refractivity contribution in [3.63, 3.8) is 0 Å². The molecule has 1 N–H and O–H groups in total. The average Bonchev–Trinajstić information content (AvgIpc) is 2.65. The first-order valence-corrected chi connectivity index (χ1v) is 5.95. The molecule has 1 aromatic heterocycles. The standard InChI is InChI=1S/C9H7IN2O2S/c1-12-9(14)6(3-11)8(13)5-2-7(10)15-4-5/h2,4,6H,1H3,(H,12,14)/t6-/m1/s1. The van der Waals surface area contributed by atoms with Crippen LogP contribution in [0.15, 0.2) is 11.4 Å². The molecule has 15 heavy (non-hydrogen) atoms. The third-order valence-electron chi connectivity index (χ3n) is 1.75. The first-order chi connectivity index (χ1) is 7.10. The Bertz CT molecular complexity index is 436. The lowest BCUT2D eigenvalue weighted by Crippen LogP contribution is -2.31. The molecule has 1 atom stereocenters. The van der Waals surface area contributed by atoms with Crippen LogP contribution in [0.1, 0.15) is 10.4 Å². The Kier molecular flexibility index (Phi) is 4.23. The van der Waals surface area contributed by atoms with Gasteiger partial charge in [0.05, 0.1) is 8.95 Å². The molecule has 1 rings (SSSR count). The fourth-order valence-electron chi connectivity index (χ4n) is 0.987. The number of nitrogens with one attached hydrogen (secondary N) is 1. The van der Waals surface area contributed by atoms with Gasteiger partial charge in [0.1, 0.15) is 0 Å². The Morgan fingerprint density at radius 1 is 1.67 bits per heavy atom. The number of amides is 1. The minimum atomic E-state index is -1.25. The lowest BCUT2D eigenvalue weighted by molar-refractivity contribution is -0.121. The van der Waals surface area contributed by atoms with Crippen LogP contribution in [0.5, 0.6) is 0 Å². The largest absolute Gasteiger partial charge is 0.358 e. The molecule has 0 radical (unpaired) electrons. The molecule has 1 aromatic rings. The van der Waals surface area contributed by atoms with Crippen molar-refractivity contribution in [1.29, 1.82) is 5.26 Å². The van der Waals surface area contributed by atoms with Crippen molar-refractivity contribution in [2.45, 2.75) is 0 Å². The van der Waals surface area contributed by atoms with E-state index in [4.69, 9.17) is 5.26 Å². The van der Waals surface area contributed by atoms with Gasteiger partial charge in [-0.1, -0.05) is 0 Å². The molecule has 0 spiro atoms. The second-order valence-corrected chi connectivity index (χ2v) is 5.49. The molecule has 0 aliphatic heterocycles. The highest BCUT2D eigenvalue weighted by atomic mass is 127. The van der Waals surface area contributed by atoms with Crippen molar-refractivity contribution in [3.8, 4) is 6.07 Å². The number of nitriles is 1. The molecule has 6 heteroatoms. The van der Waals surface area contributed by atoms with E-state index in [1.807, 2.05) is 0 Å². The minimum Gasteiger partial charge on any atom is -0.358 e. The Morgan fingerprint density at radius 3 is 2.73 bits per heavy atom. The Labute approximate surface area is 104 Å². The fraction of sp³-hybridized carbons (Fsp3) is 0.222. The van der Waals surface area contributed by atoms with Gasteiger partial charge in [-0.15, -0.1) is 11.3 Å². The molecular formula is C9H7IN2O2S. The highest BCUT2D eigenvalue weighted by molar-refractivity contribution is 14.1. The summed E-state index contributed by atoms with van der Waals surface area (Å²) in [6, 6.07) is 3.37. The fourth-order valence-corrected chi connectivity index (χ4v) is 2.32. The quantitative estimate of drug-likeness (QED) is 0.516. The molecule has 0 saturated heterocycles. The summed E-state index contributed by atoms with van der Waals surface area (Å²) in [7, 11) is 1.40. The van der Waals surface area contributed by atoms with Gasteiger partial charge in [-0.25, -0.2) is 0 Å². The maximum absolute atomic E-state index is 11.7. The molecule has 0 unspecified atom stereocenters.